The van der Waals surface area contributed by atoms with Crippen molar-refractivity contribution < 1.29 is 4.79 Å². The summed E-state index contributed by atoms with van der Waals surface area (Å²) in [6.07, 6.45) is 14.8. The molecule has 0 aromatic heterocycles. The van der Waals surface area contributed by atoms with Crippen molar-refractivity contribution in [1.82, 2.24) is 0 Å². The Morgan fingerprint density at radius 2 is 1.68 bits per heavy atom. The molecule has 1 heteroatoms. The van der Waals surface area contributed by atoms with Crippen molar-refractivity contribution in [2.75, 3.05) is 0 Å². The van der Waals surface area contributed by atoms with E-state index in [4.69, 9.17) is 0 Å². The summed E-state index contributed by atoms with van der Waals surface area (Å²) in [4.78, 5) is 12.8. The van der Waals surface area contributed by atoms with E-state index in [0.29, 0.717) is 22.5 Å². The molecule has 4 rings (SSSR count). The zero-order valence-corrected chi connectivity index (χ0v) is 21.8. The average Bonchev–Trinajstić information content (AvgIpc) is 2.96. The zero-order chi connectivity index (χ0) is 22.8. The van der Waals surface area contributed by atoms with Gasteiger partial charge in [0.05, 0.1) is 0 Å². The van der Waals surface area contributed by atoms with Crippen molar-refractivity contribution in [3.63, 3.8) is 0 Å². The molecule has 4 aliphatic rings. The number of ketones is 1. The Balaban J connectivity index is 1.66. The lowest BCUT2D eigenvalue weighted by atomic mass is 9.43. The molecule has 0 bridgehead atoms. The summed E-state index contributed by atoms with van der Waals surface area (Å²) in [6.45, 7) is 19.3. The van der Waals surface area contributed by atoms with E-state index in [1.165, 1.54) is 56.9 Å². The van der Waals surface area contributed by atoms with Gasteiger partial charge in [0.25, 0.3) is 0 Å². The molecule has 6 atom stereocenters. The van der Waals surface area contributed by atoms with Crippen LogP contribution in [-0.4, -0.2) is 5.78 Å². The third-order valence-corrected chi connectivity index (χ3v) is 11.4. The summed E-state index contributed by atoms with van der Waals surface area (Å²) in [5.41, 5.74) is 6.04. The van der Waals surface area contributed by atoms with Crippen molar-refractivity contribution in [2.24, 2.45) is 39.4 Å². The highest BCUT2D eigenvalue weighted by molar-refractivity contribution is 5.85. The SMILES string of the molecule is CC(C)=CCCC(C)C1CC[C@@]2(C)C3=C(CC[C@]12C)[C@@]1(C)CCC(=O)C(C)(C)[C@@H]1CC3. The molecule has 0 saturated heterocycles. The Morgan fingerprint density at radius 3 is 2.35 bits per heavy atom. The molecule has 1 nitrogen and oxygen atoms in total. The molecule has 0 aliphatic heterocycles. The third kappa shape index (κ3) is 3.26. The van der Waals surface area contributed by atoms with Gasteiger partial charge in [-0.3, -0.25) is 4.79 Å². The Kier molecular flexibility index (Phi) is 5.71. The number of fused-ring (bicyclic) bond motifs is 4. The molecule has 0 aromatic rings. The average molecular weight is 425 g/mol. The van der Waals surface area contributed by atoms with E-state index in [0.717, 1.165) is 24.7 Å². The first-order chi connectivity index (χ1) is 14.4. The van der Waals surface area contributed by atoms with Crippen LogP contribution in [0.4, 0.5) is 0 Å². The zero-order valence-electron chi connectivity index (χ0n) is 21.8. The van der Waals surface area contributed by atoms with Gasteiger partial charge < -0.3 is 0 Å². The smallest absolute Gasteiger partial charge is 0.138 e. The van der Waals surface area contributed by atoms with Crippen LogP contribution in [0, 0.1) is 39.4 Å². The van der Waals surface area contributed by atoms with E-state index in [1.807, 2.05) is 11.1 Å². The number of Topliss-reactive ketones (excluding diaryl/α,β-unsaturated/α-hetero) is 1. The summed E-state index contributed by atoms with van der Waals surface area (Å²) >= 11 is 0. The predicted molar refractivity (Wildman–Crippen MR) is 132 cm³/mol. The summed E-state index contributed by atoms with van der Waals surface area (Å²) in [6, 6.07) is 0. The quantitative estimate of drug-likeness (QED) is 0.412. The maximum atomic E-state index is 12.8. The van der Waals surface area contributed by atoms with Crippen molar-refractivity contribution in [2.45, 2.75) is 120 Å². The fourth-order valence-corrected chi connectivity index (χ4v) is 9.28. The Morgan fingerprint density at radius 1 is 0.968 bits per heavy atom. The monoisotopic (exact) mass is 424 g/mol. The highest BCUT2D eigenvalue weighted by atomic mass is 16.1. The highest BCUT2D eigenvalue weighted by Gasteiger charge is 2.63. The Bertz CT molecular complexity index is 808. The van der Waals surface area contributed by atoms with Crippen molar-refractivity contribution in [3.05, 3.63) is 22.8 Å². The van der Waals surface area contributed by atoms with Gasteiger partial charge in [-0.15, -0.1) is 0 Å². The van der Waals surface area contributed by atoms with Gasteiger partial charge in [-0.2, -0.15) is 0 Å². The fourth-order valence-electron chi connectivity index (χ4n) is 9.28. The first-order valence-corrected chi connectivity index (χ1v) is 13.3. The molecular weight excluding hydrogens is 376 g/mol. The molecule has 0 heterocycles. The number of hydrogen-bond donors (Lipinski definition) is 0. The van der Waals surface area contributed by atoms with E-state index >= 15 is 0 Å². The van der Waals surface area contributed by atoms with Crippen LogP contribution in [0.5, 0.6) is 0 Å². The standard InChI is InChI=1S/C30H48O/c1-20(2)10-9-11-21(3)22-14-18-30(8)24-12-13-25-27(4,5)26(31)16-17-28(25,6)23(24)15-19-29(22,30)7/h10,21-22,25H,9,11-19H2,1-8H3/t21?,22?,25-,28+,29+,30-/m0/s1. The van der Waals surface area contributed by atoms with E-state index in [2.05, 4.69) is 61.5 Å². The topological polar surface area (TPSA) is 17.1 Å². The molecular formula is C30H48O. The second-order valence-electron chi connectivity index (χ2n) is 13.3. The molecule has 174 valence electrons. The second kappa shape index (κ2) is 7.59. The van der Waals surface area contributed by atoms with Crippen LogP contribution >= 0.6 is 0 Å². The fraction of sp³-hybridized carbons (Fsp3) is 0.833. The summed E-state index contributed by atoms with van der Waals surface area (Å²) < 4.78 is 0. The van der Waals surface area contributed by atoms with Gasteiger partial charge in [0, 0.05) is 11.8 Å². The number of hydrogen-bond acceptors (Lipinski definition) is 1. The lowest BCUT2D eigenvalue weighted by Crippen LogP contribution is -2.53. The molecule has 0 radical (unpaired) electrons. The molecule has 0 N–H and O–H groups in total. The van der Waals surface area contributed by atoms with Gasteiger partial charge in [-0.1, -0.05) is 64.3 Å². The van der Waals surface area contributed by atoms with Crippen LogP contribution < -0.4 is 0 Å². The number of carbonyl (C=O) groups excluding carboxylic acids is 1. The number of carbonyl (C=O) groups is 1. The van der Waals surface area contributed by atoms with Gasteiger partial charge >= 0.3 is 0 Å². The Labute approximate surface area is 192 Å². The summed E-state index contributed by atoms with van der Waals surface area (Å²) in [7, 11) is 0. The van der Waals surface area contributed by atoms with Gasteiger partial charge in [0.2, 0.25) is 0 Å². The molecule has 2 unspecified atom stereocenters. The minimum Gasteiger partial charge on any atom is -0.299 e. The van der Waals surface area contributed by atoms with Gasteiger partial charge in [-0.25, -0.2) is 0 Å². The molecule has 2 saturated carbocycles. The maximum Gasteiger partial charge on any atom is 0.138 e. The van der Waals surface area contributed by atoms with Crippen LogP contribution in [0.1, 0.15) is 120 Å². The van der Waals surface area contributed by atoms with Crippen LogP contribution in [0.15, 0.2) is 22.8 Å². The van der Waals surface area contributed by atoms with Crippen LogP contribution in [-0.2, 0) is 4.79 Å². The summed E-state index contributed by atoms with van der Waals surface area (Å²) in [5, 5.41) is 0. The van der Waals surface area contributed by atoms with E-state index < -0.39 is 0 Å². The first-order valence-electron chi connectivity index (χ1n) is 13.3. The van der Waals surface area contributed by atoms with Crippen LogP contribution in [0.25, 0.3) is 0 Å². The lowest BCUT2D eigenvalue weighted by molar-refractivity contribution is -0.139. The van der Waals surface area contributed by atoms with Crippen molar-refractivity contribution in [1.29, 1.82) is 0 Å². The molecule has 31 heavy (non-hydrogen) atoms. The van der Waals surface area contributed by atoms with E-state index in [9.17, 15) is 4.79 Å². The number of allylic oxidation sites excluding steroid dienone is 4. The predicted octanol–water partition coefficient (Wildman–Crippen LogP) is 8.69. The van der Waals surface area contributed by atoms with E-state index in [-0.39, 0.29) is 10.8 Å². The molecule has 0 amide bonds. The van der Waals surface area contributed by atoms with Crippen LogP contribution in [0.2, 0.25) is 0 Å². The highest BCUT2D eigenvalue weighted by Crippen LogP contribution is 2.72. The first kappa shape index (κ1) is 23.3. The minimum absolute atomic E-state index is 0.148. The lowest BCUT2D eigenvalue weighted by Gasteiger charge is -2.61. The third-order valence-electron chi connectivity index (χ3n) is 11.4. The van der Waals surface area contributed by atoms with Gasteiger partial charge in [0.1, 0.15) is 5.78 Å². The van der Waals surface area contributed by atoms with Gasteiger partial charge in [0.15, 0.2) is 0 Å². The molecule has 4 aliphatic carbocycles. The van der Waals surface area contributed by atoms with E-state index in [1.54, 1.807) is 0 Å². The number of rotatable bonds is 4. The second-order valence-corrected chi connectivity index (χ2v) is 13.3. The van der Waals surface area contributed by atoms with Crippen LogP contribution in [0.3, 0.4) is 0 Å². The van der Waals surface area contributed by atoms with Gasteiger partial charge in [-0.05, 0) is 106 Å². The summed E-state index contributed by atoms with van der Waals surface area (Å²) in [5.74, 6) is 2.71. The normalized spacial score (nSPS) is 42.5. The Hall–Kier alpha value is -0.850. The molecule has 0 spiro atoms. The maximum absolute atomic E-state index is 12.8. The minimum atomic E-state index is -0.148. The molecule has 2 fully saturated rings. The van der Waals surface area contributed by atoms with Crippen molar-refractivity contribution >= 4 is 5.78 Å². The van der Waals surface area contributed by atoms with Crippen molar-refractivity contribution in [3.8, 4) is 0 Å². The largest absolute Gasteiger partial charge is 0.299 e. The molecule has 0 aromatic carbocycles.